The van der Waals surface area contributed by atoms with Crippen molar-refractivity contribution in [3.05, 3.63) is 47.5 Å². The van der Waals surface area contributed by atoms with Crippen LogP contribution in [0.1, 0.15) is 29.8 Å². The quantitative estimate of drug-likeness (QED) is 0.424. The lowest BCUT2D eigenvalue weighted by atomic mass is 10.1. The van der Waals surface area contributed by atoms with Crippen LogP contribution >= 0.6 is 0 Å². The second-order valence-corrected chi connectivity index (χ2v) is 9.37. The first-order valence-electron chi connectivity index (χ1n) is 10.2. The van der Waals surface area contributed by atoms with Gasteiger partial charge in [-0.2, -0.15) is 0 Å². The average Bonchev–Trinajstić information content (AvgIpc) is 3.15. The van der Waals surface area contributed by atoms with E-state index >= 15 is 0 Å². The van der Waals surface area contributed by atoms with Crippen molar-refractivity contribution in [1.29, 1.82) is 0 Å². The van der Waals surface area contributed by atoms with Gasteiger partial charge < -0.3 is 15.4 Å². The summed E-state index contributed by atoms with van der Waals surface area (Å²) >= 11 is 0. The van der Waals surface area contributed by atoms with E-state index in [4.69, 9.17) is 4.74 Å². The van der Waals surface area contributed by atoms with Crippen molar-refractivity contribution in [2.24, 2.45) is 0 Å². The summed E-state index contributed by atoms with van der Waals surface area (Å²) in [6.45, 7) is 5.85. The van der Waals surface area contributed by atoms with E-state index in [9.17, 15) is 18.0 Å². The first-order valence-corrected chi connectivity index (χ1v) is 11.7. The zero-order chi connectivity index (χ0) is 24.2. The molecule has 0 radical (unpaired) electrons. The molecule has 0 saturated heterocycles. The van der Waals surface area contributed by atoms with E-state index in [1.807, 2.05) is 6.92 Å². The van der Waals surface area contributed by atoms with Crippen LogP contribution in [0.15, 0.2) is 41.3 Å². The number of sulfonamides is 1. The first-order chi connectivity index (χ1) is 15.6. The second-order valence-electron chi connectivity index (χ2n) is 7.66. The molecule has 11 nitrogen and oxygen atoms in total. The van der Waals surface area contributed by atoms with Crippen LogP contribution < -0.4 is 15.4 Å². The molecule has 0 spiro atoms. The number of amides is 2. The maximum Gasteiger partial charge on any atom is 0.339 e. The number of nitrogens with zero attached hydrogens (tertiary/aromatic N) is 3. The summed E-state index contributed by atoms with van der Waals surface area (Å²) in [6.07, 6.45) is 0. The highest BCUT2D eigenvalue weighted by molar-refractivity contribution is 7.89. The molecule has 1 aromatic heterocycles. The van der Waals surface area contributed by atoms with Gasteiger partial charge in [0.25, 0.3) is 0 Å². The van der Waals surface area contributed by atoms with Crippen LogP contribution in [0.2, 0.25) is 0 Å². The number of benzene rings is 2. The maximum absolute atomic E-state index is 12.3. The summed E-state index contributed by atoms with van der Waals surface area (Å²) in [5.41, 5.74) is 2.52. The molecule has 33 heavy (non-hydrogen) atoms. The number of ether oxygens (including phenoxy) is 1. The van der Waals surface area contributed by atoms with Crippen molar-refractivity contribution >= 4 is 38.7 Å². The number of fused-ring (bicyclic) bond motifs is 1. The van der Waals surface area contributed by atoms with Crippen LogP contribution in [0.5, 0.6) is 0 Å². The third-order valence-electron chi connectivity index (χ3n) is 4.62. The molecule has 0 saturated carbocycles. The molecule has 0 aliphatic carbocycles. The Morgan fingerprint density at radius 2 is 1.91 bits per heavy atom. The standard InChI is InChI=1S/C21H26N6O5S/c1-13(2)25-33(30,31)15-6-8-19-18(12-15)24-26-27(19)10-9-22-21(29)23-17-11-14(3)5-7-16(17)20(28)32-4/h5-8,11-13,25H,9-10H2,1-4H3,(H2,22,23,29). The van der Waals surface area contributed by atoms with Gasteiger partial charge in [0.15, 0.2) is 0 Å². The molecule has 12 heteroatoms. The molecule has 0 aliphatic rings. The Hall–Kier alpha value is -3.51. The van der Waals surface area contributed by atoms with E-state index in [2.05, 4.69) is 25.7 Å². The lowest BCUT2D eigenvalue weighted by Gasteiger charge is -2.12. The highest BCUT2D eigenvalue weighted by Crippen LogP contribution is 2.19. The molecule has 2 aromatic carbocycles. The van der Waals surface area contributed by atoms with Crippen molar-refractivity contribution in [2.75, 3.05) is 19.0 Å². The van der Waals surface area contributed by atoms with E-state index < -0.39 is 22.0 Å². The number of hydrogen-bond donors (Lipinski definition) is 3. The zero-order valence-corrected chi connectivity index (χ0v) is 19.6. The first kappa shape index (κ1) is 24.1. The van der Waals surface area contributed by atoms with Crippen LogP contribution in [0, 0.1) is 6.92 Å². The van der Waals surface area contributed by atoms with Gasteiger partial charge in [0.1, 0.15) is 5.52 Å². The minimum Gasteiger partial charge on any atom is -0.465 e. The number of rotatable bonds is 8. The molecule has 3 N–H and O–H groups in total. The SMILES string of the molecule is COC(=O)c1ccc(C)cc1NC(=O)NCCn1nnc2cc(S(=O)(=O)NC(C)C)ccc21. The molecule has 0 fully saturated rings. The summed E-state index contributed by atoms with van der Waals surface area (Å²) in [5.74, 6) is -0.552. The molecule has 0 aliphatic heterocycles. The number of nitrogens with one attached hydrogen (secondary N) is 3. The Balaban J connectivity index is 1.64. The molecule has 1 heterocycles. The molecule has 0 unspecified atom stereocenters. The fourth-order valence-corrected chi connectivity index (χ4v) is 4.42. The van der Waals surface area contributed by atoms with Gasteiger partial charge in [0, 0.05) is 12.6 Å². The fourth-order valence-electron chi connectivity index (χ4n) is 3.15. The van der Waals surface area contributed by atoms with Crippen molar-refractivity contribution in [3.63, 3.8) is 0 Å². The highest BCUT2D eigenvalue weighted by atomic mass is 32.2. The molecular formula is C21H26N6O5S. The van der Waals surface area contributed by atoms with E-state index in [0.717, 1.165) is 5.56 Å². The summed E-state index contributed by atoms with van der Waals surface area (Å²) < 4.78 is 33.5. The Bertz CT molecular complexity index is 1290. The van der Waals surface area contributed by atoms with E-state index in [0.29, 0.717) is 23.3 Å². The van der Waals surface area contributed by atoms with Crippen LogP contribution in [0.25, 0.3) is 11.0 Å². The number of hydrogen-bond acceptors (Lipinski definition) is 7. The van der Waals surface area contributed by atoms with Crippen molar-refractivity contribution in [3.8, 4) is 0 Å². The monoisotopic (exact) mass is 474 g/mol. The number of urea groups is 1. The number of esters is 1. The van der Waals surface area contributed by atoms with Crippen LogP contribution in [0.4, 0.5) is 10.5 Å². The highest BCUT2D eigenvalue weighted by Gasteiger charge is 2.18. The predicted octanol–water partition coefficient (Wildman–Crippen LogP) is 2.03. The molecular weight excluding hydrogens is 448 g/mol. The lowest BCUT2D eigenvalue weighted by Crippen LogP contribution is -2.32. The molecule has 3 rings (SSSR count). The summed E-state index contributed by atoms with van der Waals surface area (Å²) in [6, 6.07) is 8.85. The maximum atomic E-state index is 12.3. The number of anilines is 1. The van der Waals surface area contributed by atoms with Gasteiger partial charge in [-0.3, -0.25) is 0 Å². The molecule has 2 amide bonds. The fraction of sp³-hybridized carbons (Fsp3) is 0.333. The summed E-state index contributed by atoms with van der Waals surface area (Å²) in [4.78, 5) is 24.3. The number of carbonyl (C=O) groups excluding carboxylic acids is 2. The van der Waals surface area contributed by atoms with Crippen molar-refractivity contribution < 1.29 is 22.7 Å². The van der Waals surface area contributed by atoms with Crippen LogP contribution in [0.3, 0.4) is 0 Å². The van der Waals surface area contributed by atoms with Crippen molar-refractivity contribution in [2.45, 2.75) is 38.3 Å². The van der Waals surface area contributed by atoms with E-state index in [1.165, 1.54) is 19.2 Å². The van der Waals surface area contributed by atoms with Gasteiger partial charge in [0.2, 0.25) is 10.0 Å². The van der Waals surface area contributed by atoms with Gasteiger partial charge in [-0.05, 0) is 56.7 Å². The Morgan fingerprint density at radius 3 is 2.61 bits per heavy atom. The van der Waals surface area contributed by atoms with Gasteiger partial charge in [0.05, 0.1) is 35.3 Å². The number of carbonyl (C=O) groups is 2. The van der Waals surface area contributed by atoms with Crippen LogP contribution in [-0.2, 0) is 21.3 Å². The molecule has 0 atom stereocenters. The second kappa shape index (κ2) is 9.96. The van der Waals surface area contributed by atoms with Gasteiger partial charge in [-0.15, -0.1) is 5.10 Å². The average molecular weight is 475 g/mol. The smallest absolute Gasteiger partial charge is 0.339 e. The number of aromatic nitrogens is 3. The van der Waals surface area contributed by atoms with Crippen molar-refractivity contribution in [1.82, 2.24) is 25.0 Å². The normalized spacial score (nSPS) is 11.5. The Kier molecular flexibility index (Phi) is 7.29. The topological polar surface area (TPSA) is 144 Å². The summed E-state index contributed by atoms with van der Waals surface area (Å²) in [7, 11) is -2.37. The number of methoxy groups -OCH3 is 1. The van der Waals surface area contributed by atoms with E-state index in [-0.39, 0.29) is 23.0 Å². The third-order valence-corrected chi connectivity index (χ3v) is 6.28. The minimum absolute atomic E-state index is 0.104. The lowest BCUT2D eigenvalue weighted by molar-refractivity contribution is 0.0602. The van der Waals surface area contributed by atoms with Gasteiger partial charge in [-0.25, -0.2) is 27.4 Å². The Morgan fingerprint density at radius 1 is 1.15 bits per heavy atom. The van der Waals surface area contributed by atoms with Gasteiger partial charge >= 0.3 is 12.0 Å². The van der Waals surface area contributed by atoms with E-state index in [1.54, 1.807) is 42.8 Å². The van der Waals surface area contributed by atoms with Gasteiger partial charge in [-0.1, -0.05) is 11.3 Å². The third kappa shape index (κ3) is 5.84. The molecule has 3 aromatic rings. The minimum atomic E-state index is -3.64. The largest absolute Gasteiger partial charge is 0.465 e. The summed E-state index contributed by atoms with van der Waals surface area (Å²) in [5, 5.41) is 13.4. The zero-order valence-electron chi connectivity index (χ0n) is 18.7. The molecule has 0 bridgehead atoms. The Labute approximate surface area is 191 Å². The number of aryl methyl sites for hydroxylation is 1. The predicted molar refractivity (Wildman–Crippen MR) is 123 cm³/mol. The molecule has 176 valence electrons. The van der Waals surface area contributed by atoms with Crippen LogP contribution in [-0.4, -0.2) is 55.1 Å².